The lowest BCUT2D eigenvalue weighted by Gasteiger charge is -1.98. The van der Waals surface area contributed by atoms with E-state index in [0.717, 1.165) is 11.3 Å². The Morgan fingerprint density at radius 3 is 2.44 bits per heavy atom. The summed E-state index contributed by atoms with van der Waals surface area (Å²) in [4.78, 5) is 4.17. The quantitative estimate of drug-likeness (QED) is 0.766. The molecule has 2 rings (SSSR count). The number of hydrogen-bond donors (Lipinski definition) is 0. The lowest BCUT2D eigenvalue weighted by atomic mass is 10.2. The van der Waals surface area contributed by atoms with Gasteiger partial charge in [-0.05, 0) is 35.9 Å². The van der Waals surface area contributed by atoms with Crippen LogP contribution >= 0.6 is 23.2 Å². The average molecular weight is 250 g/mol. The van der Waals surface area contributed by atoms with E-state index in [1.54, 1.807) is 6.20 Å². The van der Waals surface area contributed by atoms with Gasteiger partial charge < -0.3 is 0 Å². The van der Waals surface area contributed by atoms with E-state index < -0.39 is 0 Å². The van der Waals surface area contributed by atoms with Crippen LogP contribution in [0.1, 0.15) is 11.3 Å². The van der Waals surface area contributed by atoms with Gasteiger partial charge in [0.05, 0.1) is 10.7 Å². The van der Waals surface area contributed by atoms with E-state index in [0.29, 0.717) is 10.1 Å². The topological polar surface area (TPSA) is 12.9 Å². The van der Waals surface area contributed by atoms with Crippen LogP contribution in [0, 0.1) is 0 Å². The van der Waals surface area contributed by atoms with Crippen molar-refractivity contribution >= 4 is 34.3 Å². The average Bonchev–Trinajstić information content (AvgIpc) is 2.33. The smallest absolute Gasteiger partial charge is 0.0816 e. The minimum atomic E-state index is 0.614. The number of pyridine rings is 1. The van der Waals surface area contributed by atoms with Crippen molar-refractivity contribution in [3.8, 4) is 0 Å². The molecule has 0 bridgehead atoms. The molecule has 1 nitrogen and oxygen atoms in total. The Kier molecular flexibility index (Phi) is 3.60. The number of aromatic nitrogens is 1. The van der Waals surface area contributed by atoms with E-state index in [1.807, 2.05) is 48.5 Å². The molecule has 0 unspecified atom stereocenters. The third-order valence-corrected chi connectivity index (χ3v) is 2.63. The molecule has 0 radical (unpaired) electrons. The zero-order valence-corrected chi connectivity index (χ0v) is 9.91. The van der Waals surface area contributed by atoms with Crippen molar-refractivity contribution in [3.05, 3.63) is 64.9 Å². The summed E-state index contributed by atoms with van der Waals surface area (Å²) in [5.74, 6) is 0. The molecule has 0 N–H and O–H groups in total. The molecule has 2 aromatic rings. The first-order valence-corrected chi connectivity index (χ1v) is 5.55. The second-order valence-corrected chi connectivity index (χ2v) is 4.10. The van der Waals surface area contributed by atoms with Gasteiger partial charge in [-0.2, -0.15) is 0 Å². The van der Waals surface area contributed by atoms with Crippen LogP contribution in [-0.2, 0) is 0 Å². The number of benzene rings is 1. The molecular formula is C13H9Cl2N. The summed E-state index contributed by atoms with van der Waals surface area (Å²) in [6.07, 6.45) is 3.58. The molecule has 0 saturated heterocycles. The molecular weight excluding hydrogens is 241 g/mol. The van der Waals surface area contributed by atoms with Gasteiger partial charge in [0.2, 0.25) is 0 Å². The maximum Gasteiger partial charge on any atom is 0.0816 e. The molecule has 1 heterocycles. The van der Waals surface area contributed by atoms with Crippen LogP contribution in [0.5, 0.6) is 0 Å². The summed E-state index contributed by atoms with van der Waals surface area (Å²) >= 11 is 11.9. The van der Waals surface area contributed by atoms with Gasteiger partial charge >= 0.3 is 0 Å². The summed E-state index contributed by atoms with van der Waals surface area (Å²) in [5.41, 5.74) is 1.76. The standard InChI is InChI=1S/C13H9Cl2N/c14-11-6-4-10(5-7-11)9-12(15)13-3-1-2-8-16-13/h1-9H/b12-9+. The van der Waals surface area contributed by atoms with Crippen LogP contribution in [-0.4, -0.2) is 4.98 Å². The lowest BCUT2D eigenvalue weighted by Crippen LogP contribution is -1.81. The molecule has 1 aromatic heterocycles. The molecule has 3 heteroatoms. The minimum Gasteiger partial charge on any atom is -0.255 e. The Labute approximate surface area is 104 Å². The number of halogens is 2. The van der Waals surface area contributed by atoms with Gasteiger partial charge in [-0.25, -0.2) is 0 Å². The van der Waals surface area contributed by atoms with E-state index in [9.17, 15) is 0 Å². The molecule has 1 aromatic carbocycles. The Balaban J connectivity index is 2.28. The Morgan fingerprint density at radius 2 is 1.81 bits per heavy atom. The molecule has 0 atom stereocenters. The Morgan fingerprint density at radius 1 is 1.06 bits per heavy atom. The van der Waals surface area contributed by atoms with Crippen LogP contribution in [0.25, 0.3) is 11.1 Å². The van der Waals surface area contributed by atoms with Crippen molar-refractivity contribution in [2.45, 2.75) is 0 Å². The van der Waals surface area contributed by atoms with Crippen LogP contribution in [0.15, 0.2) is 48.7 Å². The fourth-order valence-electron chi connectivity index (χ4n) is 1.28. The maximum atomic E-state index is 6.15. The molecule has 0 aliphatic rings. The van der Waals surface area contributed by atoms with Crippen molar-refractivity contribution in [2.75, 3.05) is 0 Å². The van der Waals surface area contributed by atoms with Gasteiger partial charge in [-0.3, -0.25) is 4.98 Å². The van der Waals surface area contributed by atoms with Gasteiger partial charge in [0.15, 0.2) is 0 Å². The largest absolute Gasteiger partial charge is 0.255 e. The van der Waals surface area contributed by atoms with Crippen molar-refractivity contribution in [3.63, 3.8) is 0 Å². The summed E-state index contributed by atoms with van der Waals surface area (Å²) in [5, 5.41) is 1.33. The molecule has 0 fully saturated rings. The fourth-order valence-corrected chi connectivity index (χ4v) is 1.65. The molecule has 0 amide bonds. The Bertz CT molecular complexity index is 489. The minimum absolute atomic E-state index is 0.614. The van der Waals surface area contributed by atoms with E-state index in [4.69, 9.17) is 23.2 Å². The van der Waals surface area contributed by atoms with E-state index >= 15 is 0 Å². The fraction of sp³-hybridized carbons (Fsp3) is 0. The summed E-state index contributed by atoms with van der Waals surface area (Å²) < 4.78 is 0. The zero-order valence-electron chi connectivity index (χ0n) is 8.40. The van der Waals surface area contributed by atoms with E-state index in [-0.39, 0.29) is 0 Å². The summed E-state index contributed by atoms with van der Waals surface area (Å²) in [7, 11) is 0. The first-order chi connectivity index (χ1) is 7.75. The molecule has 0 aliphatic heterocycles. The van der Waals surface area contributed by atoms with Crippen LogP contribution in [0.2, 0.25) is 5.02 Å². The van der Waals surface area contributed by atoms with Gasteiger partial charge in [-0.15, -0.1) is 0 Å². The third kappa shape index (κ3) is 2.84. The van der Waals surface area contributed by atoms with Crippen molar-refractivity contribution in [1.29, 1.82) is 0 Å². The predicted octanol–water partition coefficient (Wildman–Crippen LogP) is 4.47. The van der Waals surface area contributed by atoms with Gasteiger partial charge in [0, 0.05) is 11.2 Å². The molecule has 16 heavy (non-hydrogen) atoms. The molecule has 0 aliphatic carbocycles. The zero-order chi connectivity index (χ0) is 11.4. The molecule has 0 spiro atoms. The maximum absolute atomic E-state index is 6.15. The predicted molar refractivity (Wildman–Crippen MR) is 69.4 cm³/mol. The van der Waals surface area contributed by atoms with Crippen LogP contribution in [0.3, 0.4) is 0 Å². The van der Waals surface area contributed by atoms with Gasteiger partial charge in [0.25, 0.3) is 0 Å². The van der Waals surface area contributed by atoms with Crippen molar-refractivity contribution in [1.82, 2.24) is 4.98 Å². The summed E-state index contributed by atoms with van der Waals surface area (Å²) in [6.45, 7) is 0. The highest BCUT2D eigenvalue weighted by molar-refractivity contribution is 6.51. The third-order valence-electron chi connectivity index (χ3n) is 2.07. The highest BCUT2D eigenvalue weighted by atomic mass is 35.5. The second kappa shape index (κ2) is 5.15. The van der Waals surface area contributed by atoms with Gasteiger partial charge in [-0.1, -0.05) is 41.4 Å². The first kappa shape index (κ1) is 11.2. The van der Waals surface area contributed by atoms with E-state index in [2.05, 4.69) is 4.98 Å². The van der Waals surface area contributed by atoms with Crippen molar-refractivity contribution in [2.24, 2.45) is 0 Å². The van der Waals surface area contributed by atoms with Crippen molar-refractivity contribution < 1.29 is 0 Å². The molecule has 80 valence electrons. The number of nitrogens with zero attached hydrogens (tertiary/aromatic N) is 1. The molecule has 0 saturated carbocycles. The van der Waals surface area contributed by atoms with Crippen LogP contribution < -0.4 is 0 Å². The first-order valence-electron chi connectivity index (χ1n) is 4.80. The highest BCUT2D eigenvalue weighted by Gasteiger charge is 1.98. The highest BCUT2D eigenvalue weighted by Crippen LogP contribution is 2.20. The lowest BCUT2D eigenvalue weighted by molar-refractivity contribution is 1.29. The number of rotatable bonds is 2. The second-order valence-electron chi connectivity index (χ2n) is 3.26. The normalized spacial score (nSPS) is 11.5. The summed E-state index contributed by atoms with van der Waals surface area (Å²) in [6, 6.07) is 13.1. The monoisotopic (exact) mass is 249 g/mol. The van der Waals surface area contributed by atoms with Crippen LogP contribution in [0.4, 0.5) is 0 Å². The Hall–Kier alpha value is -1.31. The SMILES string of the molecule is Cl/C(=C/c1ccc(Cl)cc1)c1ccccn1. The van der Waals surface area contributed by atoms with Gasteiger partial charge in [0.1, 0.15) is 0 Å². The van der Waals surface area contributed by atoms with E-state index in [1.165, 1.54) is 0 Å². The number of hydrogen-bond acceptors (Lipinski definition) is 1.